The highest BCUT2D eigenvalue weighted by Gasteiger charge is 2.18. The summed E-state index contributed by atoms with van der Waals surface area (Å²) in [6.07, 6.45) is 7.62. The number of hydrogen-bond donors (Lipinski definition) is 0. The van der Waals surface area contributed by atoms with E-state index < -0.39 is 0 Å². The van der Waals surface area contributed by atoms with Gasteiger partial charge in [0, 0.05) is 0 Å². The molecule has 0 bridgehead atoms. The normalized spacial score (nSPS) is 12.5. The molecule has 0 aromatic carbocycles. The molecule has 0 aromatic rings. The minimum Gasteiger partial charge on any atom is -0.463 e. The Morgan fingerprint density at radius 1 is 0.254 bits per heavy atom. The fourth-order valence-electron chi connectivity index (χ4n) is 5.70. The summed E-state index contributed by atoms with van der Waals surface area (Å²) in [6.45, 7) is 23.0. The van der Waals surface area contributed by atoms with Crippen molar-refractivity contribution in [3.05, 3.63) is 0 Å². The maximum Gasteiger partial charge on any atom is 0.308 e. The third kappa shape index (κ3) is 50.5. The molecule has 0 aliphatic heterocycles. The Kier molecular flexibility index (Phi) is 55.5. The zero-order chi connectivity index (χ0) is 48.6. The summed E-state index contributed by atoms with van der Waals surface area (Å²) in [5, 5.41) is 0. The van der Waals surface area contributed by atoms with E-state index in [2.05, 4.69) is 13.8 Å². The Balaban J connectivity index is 3.16. The summed E-state index contributed by atoms with van der Waals surface area (Å²) in [5.41, 5.74) is 0. The Hall–Kier alpha value is -1.66. The number of ether oxygens (including phenoxy) is 17. The molecule has 2 atom stereocenters. The first-order valence-electron chi connectivity index (χ1n) is 25.1. The number of carbonyl (C=O) groups excluding carboxylic acids is 2. The predicted molar refractivity (Wildman–Crippen MR) is 251 cm³/mol. The third-order valence-corrected chi connectivity index (χ3v) is 9.62. The fraction of sp³-hybridized carbons (Fsp3) is 0.958. The van der Waals surface area contributed by atoms with Gasteiger partial charge in [-0.15, -0.1) is 0 Å². The second-order valence-electron chi connectivity index (χ2n) is 15.0. The van der Waals surface area contributed by atoms with Gasteiger partial charge in [-0.05, 0) is 25.7 Å². The highest BCUT2D eigenvalue weighted by Crippen LogP contribution is 2.15. The summed E-state index contributed by atoms with van der Waals surface area (Å²) in [7, 11) is 0. The van der Waals surface area contributed by atoms with E-state index in [1.165, 1.54) is 0 Å². The van der Waals surface area contributed by atoms with Crippen LogP contribution in [0.25, 0.3) is 0 Å². The van der Waals surface area contributed by atoms with Crippen molar-refractivity contribution in [1.82, 2.24) is 0 Å². The molecule has 0 amide bonds. The molecule has 0 N–H and O–H groups in total. The molecule has 0 rings (SSSR count). The van der Waals surface area contributed by atoms with Crippen LogP contribution in [0, 0.1) is 11.8 Å². The van der Waals surface area contributed by atoms with Gasteiger partial charge in [0.05, 0.1) is 210 Å². The molecule has 0 saturated heterocycles. The summed E-state index contributed by atoms with van der Waals surface area (Å²) < 4.78 is 93.1. The van der Waals surface area contributed by atoms with Gasteiger partial charge in [0.25, 0.3) is 0 Å². The average Bonchev–Trinajstić information content (AvgIpc) is 3.33. The van der Waals surface area contributed by atoms with Crippen LogP contribution in [0.1, 0.15) is 79.1 Å². The first-order chi connectivity index (χ1) is 33.1. The van der Waals surface area contributed by atoms with Crippen LogP contribution in [0.15, 0.2) is 0 Å². The van der Waals surface area contributed by atoms with Gasteiger partial charge in [0.1, 0.15) is 13.2 Å². The standard InChI is InChI=1S/C48H94O19/c1-5-9-11-45(7-3)47(49)66-43-41-64-39-37-62-35-33-60-31-29-58-27-25-56-23-21-54-19-17-52-15-13-51-14-16-53-18-20-55-22-24-57-26-28-59-30-32-61-34-36-63-38-40-65-42-44-67-48(50)46(8-4)12-10-6-2/h45-46H,5-44H2,1-4H3. The predicted octanol–water partition coefficient (Wildman–Crippen LogP) is 4.75. The van der Waals surface area contributed by atoms with Gasteiger partial charge in [0.15, 0.2) is 0 Å². The first kappa shape index (κ1) is 65.3. The van der Waals surface area contributed by atoms with Crippen molar-refractivity contribution in [2.45, 2.75) is 79.1 Å². The fourth-order valence-corrected chi connectivity index (χ4v) is 5.70. The Morgan fingerprint density at radius 2 is 0.403 bits per heavy atom. The molecule has 0 aliphatic rings. The van der Waals surface area contributed by atoms with Crippen molar-refractivity contribution in [3.63, 3.8) is 0 Å². The largest absolute Gasteiger partial charge is 0.463 e. The average molecular weight is 975 g/mol. The van der Waals surface area contributed by atoms with Crippen molar-refractivity contribution in [2.24, 2.45) is 11.8 Å². The molecule has 0 radical (unpaired) electrons. The quantitative estimate of drug-likeness (QED) is 0.0599. The lowest BCUT2D eigenvalue weighted by Gasteiger charge is -2.13. The van der Waals surface area contributed by atoms with E-state index in [9.17, 15) is 9.59 Å². The van der Waals surface area contributed by atoms with Crippen molar-refractivity contribution >= 4 is 11.9 Å². The molecule has 0 spiro atoms. The van der Waals surface area contributed by atoms with E-state index in [4.69, 9.17) is 80.5 Å². The molecule has 19 heteroatoms. The van der Waals surface area contributed by atoms with Crippen molar-refractivity contribution < 1.29 is 90.1 Å². The molecule has 2 unspecified atom stereocenters. The van der Waals surface area contributed by atoms with Gasteiger partial charge >= 0.3 is 11.9 Å². The minimum absolute atomic E-state index is 0.0109. The molecular weight excluding hydrogens is 881 g/mol. The van der Waals surface area contributed by atoms with Gasteiger partial charge in [0.2, 0.25) is 0 Å². The van der Waals surface area contributed by atoms with Crippen molar-refractivity contribution in [1.29, 1.82) is 0 Å². The van der Waals surface area contributed by atoms with E-state index in [0.717, 1.165) is 51.4 Å². The maximum atomic E-state index is 12.1. The molecule has 0 saturated carbocycles. The van der Waals surface area contributed by atoms with Crippen molar-refractivity contribution in [2.75, 3.05) is 211 Å². The minimum atomic E-state index is -0.125. The van der Waals surface area contributed by atoms with Crippen LogP contribution in [0.3, 0.4) is 0 Å². The van der Waals surface area contributed by atoms with E-state index in [-0.39, 0.29) is 37.0 Å². The summed E-state index contributed by atoms with van der Waals surface area (Å²) in [5.74, 6) is -0.271. The molecular formula is C48H94O19. The number of carbonyl (C=O) groups is 2. The zero-order valence-corrected chi connectivity index (χ0v) is 42.2. The van der Waals surface area contributed by atoms with Crippen LogP contribution >= 0.6 is 0 Å². The SMILES string of the molecule is CCCCC(CC)C(=O)OCCOCCOCCOCCOCCOCCOCCOCCOCCOCCOCCOCCOCCOCCOCCOCCOC(=O)C(CC)CCCC. The summed E-state index contributed by atoms with van der Waals surface area (Å²) >= 11 is 0. The third-order valence-electron chi connectivity index (χ3n) is 9.62. The number of hydrogen-bond acceptors (Lipinski definition) is 19. The number of unbranched alkanes of at least 4 members (excludes halogenated alkanes) is 2. The van der Waals surface area contributed by atoms with E-state index in [1.54, 1.807) is 0 Å². The smallest absolute Gasteiger partial charge is 0.308 e. The van der Waals surface area contributed by atoms with Crippen molar-refractivity contribution in [3.8, 4) is 0 Å². The highest BCUT2D eigenvalue weighted by atomic mass is 16.6. The monoisotopic (exact) mass is 975 g/mol. The Morgan fingerprint density at radius 3 is 0.537 bits per heavy atom. The summed E-state index contributed by atoms with van der Waals surface area (Å²) in [4.78, 5) is 24.1. The van der Waals surface area contributed by atoms with Crippen LogP contribution < -0.4 is 0 Å². The molecule has 0 heterocycles. The van der Waals surface area contributed by atoms with Gasteiger partial charge in [-0.3, -0.25) is 9.59 Å². The second kappa shape index (κ2) is 56.9. The number of esters is 2. The zero-order valence-electron chi connectivity index (χ0n) is 42.2. The van der Waals surface area contributed by atoms with Gasteiger partial charge in [-0.25, -0.2) is 0 Å². The van der Waals surface area contributed by atoms with Crippen LogP contribution in [0.4, 0.5) is 0 Å². The molecule has 0 aromatic heterocycles. The Bertz CT molecular complexity index is 910. The van der Waals surface area contributed by atoms with Gasteiger partial charge in [-0.1, -0.05) is 53.4 Å². The molecule has 67 heavy (non-hydrogen) atoms. The maximum absolute atomic E-state index is 12.1. The van der Waals surface area contributed by atoms with Crippen LogP contribution in [-0.4, -0.2) is 223 Å². The lowest BCUT2D eigenvalue weighted by atomic mass is 10.00. The molecule has 0 aliphatic carbocycles. The van der Waals surface area contributed by atoms with Crippen LogP contribution in [0.5, 0.6) is 0 Å². The van der Waals surface area contributed by atoms with E-state index >= 15 is 0 Å². The molecule has 19 nitrogen and oxygen atoms in total. The van der Waals surface area contributed by atoms with Crippen LogP contribution in [-0.2, 0) is 90.1 Å². The second-order valence-corrected chi connectivity index (χ2v) is 15.0. The lowest BCUT2D eigenvalue weighted by molar-refractivity contribution is -0.151. The highest BCUT2D eigenvalue weighted by molar-refractivity contribution is 5.72. The van der Waals surface area contributed by atoms with Gasteiger partial charge < -0.3 is 80.5 Å². The molecule has 400 valence electrons. The number of rotatable bonds is 58. The first-order valence-corrected chi connectivity index (χ1v) is 25.1. The Labute approximate surface area is 403 Å². The molecule has 0 fully saturated rings. The van der Waals surface area contributed by atoms with E-state index in [0.29, 0.717) is 198 Å². The van der Waals surface area contributed by atoms with Crippen LogP contribution in [0.2, 0.25) is 0 Å². The topological polar surface area (TPSA) is 191 Å². The summed E-state index contributed by atoms with van der Waals surface area (Å²) in [6, 6.07) is 0. The lowest BCUT2D eigenvalue weighted by Crippen LogP contribution is -2.20. The van der Waals surface area contributed by atoms with E-state index in [1.807, 2.05) is 13.8 Å². The van der Waals surface area contributed by atoms with Gasteiger partial charge in [-0.2, -0.15) is 0 Å².